The van der Waals surface area contributed by atoms with Crippen LogP contribution in [0.25, 0.3) is 10.9 Å². The van der Waals surface area contributed by atoms with Crippen LogP contribution in [-0.2, 0) is 13.6 Å². The maximum absolute atomic E-state index is 12.3. The van der Waals surface area contributed by atoms with Gasteiger partial charge in [-0.2, -0.15) is 0 Å². The first-order chi connectivity index (χ1) is 8.61. The molecular formula is C12H15N3O3. The molecule has 0 saturated carbocycles. The van der Waals surface area contributed by atoms with Crippen molar-refractivity contribution in [2.24, 2.45) is 12.8 Å². The number of aryl methyl sites for hydroxylation is 1. The molecule has 0 spiro atoms. The first kappa shape index (κ1) is 12.4. The van der Waals surface area contributed by atoms with E-state index in [1.165, 1.54) is 11.7 Å². The van der Waals surface area contributed by atoms with Crippen molar-refractivity contribution < 1.29 is 4.74 Å². The third-order valence-electron chi connectivity index (χ3n) is 2.92. The lowest BCUT2D eigenvalue weighted by molar-refractivity contribution is 0.418. The van der Waals surface area contributed by atoms with Crippen molar-refractivity contribution in [3.05, 3.63) is 39.0 Å². The van der Waals surface area contributed by atoms with Gasteiger partial charge in [0, 0.05) is 20.1 Å². The molecule has 0 bridgehead atoms. The third kappa shape index (κ3) is 1.70. The van der Waals surface area contributed by atoms with Crippen molar-refractivity contribution in [3.8, 4) is 5.75 Å². The lowest BCUT2D eigenvalue weighted by atomic mass is 10.2. The van der Waals surface area contributed by atoms with Crippen LogP contribution in [-0.4, -0.2) is 22.8 Å². The van der Waals surface area contributed by atoms with Gasteiger partial charge in [0.15, 0.2) is 0 Å². The average Bonchev–Trinajstić information content (AvgIpc) is 2.40. The van der Waals surface area contributed by atoms with Crippen LogP contribution in [0.4, 0.5) is 0 Å². The summed E-state index contributed by atoms with van der Waals surface area (Å²) in [5.74, 6) is 0.457. The standard InChI is InChI=1S/C12H15N3O3/c1-14-8-4-3-5-9(18-2)10(8)11(16)15(7-6-13)12(14)17/h3-5H,6-7,13H2,1-2H3. The summed E-state index contributed by atoms with van der Waals surface area (Å²) in [7, 11) is 3.11. The molecule has 2 N–H and O–H groups in total. The van der Waals surface area contributed by atoms with Crippen molar-refractivity contribution in [1.82, 2.24) is 9.13 Å². The number of nitrogens with two attached hydrogens (primary N) is 1. The van der Waals surface area contributed by atoms with Crippen molar-refractivity contribution in [3.63, 3.8) is 0 Å². The van der Waals surface area contributed by atoms with Crippen LogP contribution in [0, 0.1) is 0 Å². The highest BCUT2D eigenvalue weighted by Crippen LogP contribution is 2.20. The zero-order valence-corrected chi connectivity index (χ0v) is 10.3. The number of hydrogen-bond donors (Lipinski definition) is 1. The summed E-state index contributed by atoms with van der Waals surface area (Å²) in [6, 6.07) is 5.15. The van der Waals surface area contributed by atoms with Crippen molar-refractivity contribution in [2.45, 2.75) is 6.54 Å². The Morgan fingerprint density at radius 2 is 2.06 bits per heavy atom. The van der Waals surface area contributed by atoms with Crippen LogP contribution < -0.4 is 21.7 Å². The Labute approximate surface area is 103 Å². The number of nitrogens with zero attached hydrogens (tertiary/aromatic N) is 2. The minimum absolute atomic E-state index is 0.194. The van der Waals surface area contributed by atoms with Gasteiger partial charge in [-0.3, -0.25) is 13.9 Å². The second kappa shape index (κ2) is 4.66. The first-order valence-corrected chi connectivity index (χ1v) is 5.58. The van der Waals surface area contributed by atoms with Gasteiger partial charge in [-0.05, 0) is 12.1 Å². The van der Waals surface area contributed by atoms with Crippen molar-refractivity contribution in [1.29, 1.82) is 0 Å². The second-order valence-electron chi connectivity index (χ2n) is 3.94. The smallest absolute Gasteiger partial charge is 0.331 e. The van der Waals surface area contributed by atoms with Crippen LogP contribution in [0.15, 0.2) is 27.8 Å². The van der Waals surface area contributed by atoms with Gasteiger partial charge in [0.1, 0.15) is 11.1 Å². The van der Waals surface area contributed by atoms with Gasteiger partial charge in [0.05, 0.1) is 12.6 Å². The van der Waals surface area contributed by atoms with E-state index in [0.717, 1.165) is 4.57 Å². The molecule has 0 unspecified atom stereocenters. The molecule has 96 valence electrons. The molecule has 6 nitrogen and oxygen atoms in total. The highest BCUT2D eigenvalue weighted by molar-refractivity contribution is 5.84. The molecule has 6 heteroatoms. The molecule has 0 aliphatic heterocycles. The molecule has 0 amide bonds. The molecule has 0 aliphatic carbocycles. The van der Waals surface area contributed by atoms with Gasteiger partial charge in [-0.15, -0.1) is 0 Å². The summed E-state index contributed by atoms with van der Waals surface area (Å²) < 4.78 is 7.73. The molecule has 0 saturated heterocycles. The zero-order valence-electron chi connectivity index (χ0n) is 10.3. The largest absolute Gasteiger partial charge is 0.496 e. The van der Waals surface area contributed by atoms with Gasteiger partial charge in [-0.1, -0.05) is 6.07 Å². The average molecular weight is 249 g/mol. The molecule has 0 radical (unpaired) electrons. The van der Waals surface area contributed by atoms with E-state index in [-0.39, 0.29) is 24.3 Å². The van der Waals surface area contributed by atoms with Gasteiger partial charge in [0.25, 0.3) is 5.56 Å². The van der Waals surface area contributed by atoms with E-state index in [4.69, 9.17) is 10.5 Å². The molecule has 0 atom stereocenters. The van der Waals surface area contributed by atoms with Crippen LogP contribution in [0.5, 0.6) is 5.75 Å². The highest BCUT2D eigenvalue weighted by atomic mass is 16.5. The first-order valence-electron chi connectivity index (χ1n) is 5.58. The van der Waals surface area contributed by atoms with E-state index < -0.39 is 0 Å². The second-order valence-corrected chi connectivity index (χ2v) is 3.94. The molecule has 1 aromatic carbocycles. The summed E-state index contributed by atoms with van der Waals surface area (Å²) in [6.45, 7) is 0.426. The quantitative estimate of drug-likeness (QED) is 0.807. The van der Waals surface area contributed by atoms with Crippen LogP contribution in [0.1, 0.15) is 0 Å². The Balaban J connectivity index is 2.99. The minimum atomic E-state index is -0.369. The molecule has 0 aliphatic rings. The molecule has 1 aromatic heterocycles. The Morgan fingerprint density at radius 3 is 2.67 bits per heavy atom. The molecule has 2 aromatic rings. The van der Waals surface area contributed by atoms with E-state index >= 15 is 0 Å². The maximum Gasteiger partial charge on any atom is 0.331 e. The molecule has 0 fully saturated rings. The molecular weight excluding hydrogens is 234 g/mol. The molecule has 1 heterocycles. The number of rotatable bonds is 3. The number of ether oxygens (including phenoxy) is 1. The summed E-state index contributed by atoms with van der Waals surface area (Å²) in [5.41, 5.74) is 5.24. The fourth-order valence-corrected chi connectivity index (χ4v) is 2.02. The molecule has 18 heavy (non-hydrogen) atoms. The monoisotopic (exact) mass is 249 g/mol. The van der Waals surface area contributed by atoms with Crippen LogP contribution >= 0.6 is 0 Å². The van der Waals surface area contributed by atoms with Gasteiger partial charge in [0.2, 0.25) is 0 Å². The summed E-state index contributed by atoms with van der Waals surface area (Å²) in [4.78, 5) is 24.3. The van der Waals surface area contributed by atoms with Gasteiger partial charge in [-0.25, -0.2) is 4.79 Å². The molecule has 2 rings (SSSR count). The number of aromatic nitrogens is 2. The predicted molar refractivity (Wildman–Crippen MR) is 69.1 cm³/mol. The Morgan fingerprint density at radius 1 is 1.33 bits per heavy atom. The van der Waals surface area contributed by atoms with Gasteiger partial charge >= 0.3 is 5.69 Å². The van der Waals surface area contributed by atoms with E-state index in [0.29, 0.717) is 16.7 Å². The van der Waals surface area contributed by atoms with Crippen LogP contribution in [0.3, 0.4) is 0 Å². The fourth-order valence-electron chi connectivity index (χ4n) is 2.02. The predicted octanol–water partition coefficient (Wildman–Crippen LogP) is -0.333. The highest BCUT2D eigenvalue weighted by Gasteiger charge is 2.13. The minimum Gasteiger partial charge on any atom is -0.496 e. The van der Waals surface area contributed by atoms with E-state index in [1.807, 2.05) is 0 Å². The third-order valence-corrected chi connectivity index (χ3v) is 2.92. The summed E-state index contributed by atoms with van der Waals surface area (Å²) >= 11 is 0. The SMILES string of the molecule is COc1cccc2c1c(=O)n(CCN)c(=O)n2C. The maximum atomic E-state index is 12.3. The Kier molecular flexibility index (Phi) is 3.20. The Hall–Kier alpha value is -2.08. The summed E-state index contributed by atoms with van der Waals surface area (Å²) in [5, 5.41) is 0.399. The lowest BCUT2D eigenvalue weighted by Gasteiger charge is -2.11. The number of hydrogen-bond acceptors (Lipinski definition) is 4. The normalized spacial score (nSPS) is 10.8. The summed E-state index contributed by atoms with van der Waals surface area (Å²) in [6.07, 6.45) is 0. The number of benzene rings is 1. The van der Waals surface area contributed by atoms with E-state index in [2.05, 4.69) is 0 Å². The number of methoxy groups -OCH3 is 1. The van der Waals surface area contributed by atoms with E-state index in [1.54, 1.807) is 25.2 Å². The lowest BCUT2D eigenvalue weighted by Crippen LogP contribution is -2.40. The fraction of sp³-hybridized carbons (Fsp3) is 0.333. The number of fused-ring (bicyclic) bond motifs is 1. The van der Waals surface area contributed by atoms with E-state index in [9.17, 15) is 9.59 Å². The van der Waals surface area contributed by atoms with Crippen LogP contribution in [0.2, 0.25) is 0 Å². The topological polar surface area (TPSA) is 79.2 Å². The van der Waals surface area contributed by atoms with Gasteiger partial charge < -0.3 is 10.5 Å². The van der Waals surface area contributed by atoms with Crippen molar-refractivity contribution >= 4 is 10.9 Å². The Bertz CT molecular complexity index is 700. The van der Waals surface area contributed by atoms with Crippen molar-refractivity contribution in [2.75, 3.05) is 13.7 Å². The zero-order chi connectivity index (χ0) is 13.3.